The van der Waals surface area contributed by atoms with Crippen LogP contribution >= 0.6 is 15.9 Å². The summed E-state index contributed by atoms with van der Waals surface area (Å²) in [5.74, 6) is 0.260. The highest BCUT2D eigenvalue weighted by Crippen LogP contribution is 2.38. The van der Waals surface area contributed by atoms with E-state index < -0.39 is 11.7 Å². The van der Waals surface area contributed by atoms with Gasteiger partial charge in [0.1, 0.15) is 0 Å². The van der Waals surface area contributed by atoms with E-state index in [1.807, 2.05) is 6.07 Å². The zero-order chi connectivity index (χ0) is 12.5. The lowest BCUT2D eigenvalue weighted by atomic mass is 9.83. The molecule has 1 aromatic carbocycles. The Labute approximate surface area is 107 Å². The highest BCUT2D eigenvalue weighted by Gasteiger charge is 2.31. The molecule has 0 aromatic heterocycles. The minimum Gasteiger partial charge on any atom is -0.166 e. The Kier molecular flexibility index (Phi) is 3.81. The van der Waals surface area contributed by atoms with Crippen LogP contribution < -0.4 is 0 Å². The van der Waals surface area contributed by atoms with E-state index in [0.717, 1.165) is 37.3 Å². The fourth-order valence-electron chi connectivity index (χ4n) is 2.40. The SMILES string of the molecule is FC(F)(F)c1cccc(C2CCCC(Br)C2)c1. The van der Waals surface area contributed by atoms with Gasteiger partial charge < -0.3 is 0 Å². The van der Waals surface area contributed by atoms with Gasteiger partial charge in [-0.2, -0.15) is 13.2 Å². The molecular formula is C13H14BrF3. The molecule has 1 fully saturated rings. The van der Waals surface area contributed by atoms with Crippen molar-refractivity contribution in [2.24, 2.45) is 0 Å². The molecule has 0 nitrogen and oxygen atoms in total. The molecule has 0 saturated heterocycles. The lowest BCUT2D eigenvalue weighted by molar-refractivity contribution is -0.137. The van der Waals surface area contributed by atoms with Crippen molar-refractivity contribution in [2.75, 3.05) is 0 Å². The van der Waals surface area contributed by atoms with Gasteiger partial charge in [-0.05, 0) is 36.8 Å². The maximum absolute atomic E-state index is 12.6. The second-order valence-electron chi connectivity index (χ2n) is 4.58. The summed E-state index contributed by atoms with van der Waals surface area (Å²) < 4.78 is 37.8. The van der Waals surface area contributed by atoms with Gasteiger partial charge in [0.05, 0.1) is 5.56 Å². The molecule has 2 unspecified atom stereocenters. The molecule has 0 aliphatic heterocycles. The molecule has 0 spiro atoms. The van der Waals surface area contributed by atoms with Crippen LogP contribution in [-0.2, 0) is 6.18 Å². The molecule has 1 saturated carbocycles. The number of halogens is 4. The van der Waals surface area contributed by atoms with Crippen molar-refractivity contribution in [1.29, 1.82) is 0 Å². The molecular weight excluding hydrogens is 293 g/mol. The lowest BCUT2D eigenvalue weighted by Gasteiger charge is -2.26. The van der Waals surface area contributed by atoms with Crippen LogP contribution in [0.5, 0.6) is 0 Å². The zero-order valence-electron chi connectivity index (χ0n) is 9.30. The molecule has 1 aromatic rings. The van der Waals surface area contributed by atoms with Crippen LogP contribution in [0.1, 0.15) is 42.7 Å². The smallest absolute Gasteiger partial charge is 0.166 e. The monoisotopic (exact) mass is 306 g/mol. The second kappa shape index (κ2) is 5.01. The van der Waals surface area contributed by atoms with Crippen molar-refractivity contribution in [1.82, 2.24) is 0 Å². The average Bonchev–Trinajstić information content (AvgIpc) is 2.28. The standard InChI is InChI=1S/C13H14BrF3/c14-12-6-2-4-10(8-12)9-3-1-5-11(7-9)13(15,16)17/h1,3,5,7,10,12H,2,4,6,8H2. The normalized spacial score (nSPS) is 25.9. The predicted octanol–water partition coefficient (Wildman–Crippen LogP) is 5.13. The summed E-state index contributed by atoms with van der Waals surface area (Å²) in [6, 6.07) is 5.76. The molecule has 1 aliphatic rings. The van der Waals surface area contributed by atoms with Crippen molar-refractivity contribution in [2.45, 2.75) is 42.6 Å². The van der Waals surface area contributed by atoms with Gasteiger partial charge in [0.15, 0.2) is 0 Å². The predicted molar refractivity (Wildman–Crippen MR) is 65.4 cm³/mol. The van der Waals surface area contributed by atoms with Crippen LogP contribution in [0.2, 0.25) is 0 Å². The van der Waals surface area contributed by atoms with Gasteiger partial charge in [-0.15, -0.1) is 0 Å². The van der Waals surface area contributed by atoms with Crippen LogP contribution in [0.3, 0.4) is 0 Å². The van der Waals surface area contributed by atoms with Crippen molar-refractivity contribution in [3.8, 4) is 0 Å². The van der Waals surface area contributed by atoms with E-state index in [1.165, 1.54) is 12.1 Å². The molecule has 17 heavy (non-hydrogen) atoms. The summed E-state index contributed by atoms with van der Waals surface area (Å²) >= 11 is 3.56. The number of alkyl halides is 4. The summed E-state index contributed by atoms with van der Waals surface area (Å²) in [4.78, 5) is 0.441. The molecule has 2 atom stereocenters. The first-order valence-electron chi connectivity index (χ1n) is 5.78. The maximum Gasteiger partial charge on any atom is 0.416 e. The summed E-state index contributed by atoms with van der Waals surface area (Å²) in [6.45, 7) is 0. The van der Waals surface area contributed by atoms with Crippen molar-refractivity contribution in [3.05, 3.63) is 35.4 Å². The molecule has 94 valence electrons. The highest BCUT2D eigenvalue weighted by atomic mass is 79.9. The molecule has 4 heteroatoms. The van der Waals surface area contributed by atoms with Crippen molar-refractivity contribution >= 4 is 15.9 Å². The third-order valence-electron chi connectivity index (χ3n) is 3.30. The Bertz CT molecular complexity index is 386. The third-order valence-corrected chi connectivity index (χ3v) is 4.13. The summed E-state index contributed by atoms with van der Waals surface area (Å²) in [7, 11) is 0. The molecule has 0 radical (unpaired) electrons. The Balaban J connectivity index is 2.21. The number of benzene rings is 1. The quantitative estimate of drug-likeness (QED) is 0.631. The van der Waals surface area contributed by atoms with E-state index in [-0.39, 0.29) is 5.92 Å². The summed E-state index contributed by atoms with van der Waals surface area (Å²) in [6.07, 6.45) is -0.116. The summed E-state index contributed by atoms with van der Waals surface area (Å²) in [5, 5.41) is 0. The first-order chi connectivity index (χ1) is 7.97. The van der Waals surface area contributed by atoms with Gasteiger partial charge in [0, 0.05) is 4.83 Å². The molecule has 0 bridgehead atoms. The first kappa shape index (κ1) is 12.9. The molecule has 2 rings (SSSR count). The molecule has 0 N–H and O–H groups in total. The number of hydrogen-bond donors (Lipinski definition) is 0. The van der Waals surface area contributed by atoms with Crippen LogP contribution in [0.25, 0.3) is 0 Å². The fraction of sp³-hybridized carbons (Fsp3) is 0.538. The Morgan fingerprint density at radius 3 is 2.59 bits per heavy atom. The van der Waals surface area contributed by atoms with Crippen LogP contribution in [0.15, 0.2) is 24.3 Å². The lowest BCUT2D eigenvalue weighted by Crippen LogP contribution is -2.14. The van der Waals surface area contributed by atoms with Crippen LogP contribution in [0.4, 0.5) is 13.2 Å². The Morgan fingerprint density at radius 1 is 1.18 bits per heavy atom. The van der Waals surface area contributed by atoms with Crippen LogP contribution in [0, 0.1) is 0 Å². The topological polar surface area (TPSA) is 0 Å². The van der Waals surface area contributed by atoms with E-state index in [0.29, 0.717) is 4.83 Å². The van der Waals surface area contributed by atoms with Gasteiger partial charge in [-0.3, -0.25) is 0 Å². The zero-order valence-corrected chi connectivity index (χ0v) is 10.9. The highest BCUT2D eigenvalue weighted by molar-refractivity contribution is 9.09. The molecule has 0 heterocycles. The van der Waals surface area contributed by atoms with E-state index in [9.17, 15) is 13.2 Å². The van der Waals surface area contributed by atoms with E-state index in [1.54, 1.807) is 0 Å². The largest absolute Gasteiger partial charge is 0.416 e. The third kappa shape index (κ3) is 3.24. The van der Waals surface area contributed by atoms with Gasteiger partial charge in [-0.1, -0.05) is 40.5 Å². The summed E-state index contributed by atoms with van der Waals surface area (Å²) in [5.41, 5.74) is 0.288. The minimum atomic E-state index is -4.24. The Morgan fingerprint density at radius 2 is 1.94 bits per heavy atom. The minimum absolute atomic E-state index is 0.260. The van der Waals surface area contributed by atoms with Gasteiger partial charge in [0.25, 0.3) is 0 Å². The Hall–Kier alpha value is -0.510. The van der Waals surface area contributed by atoms with Gasteiger partial charge in [-0.25, -0.2) is 0 Å². The maximum atomic E-state index is 12.6. The van der Waals surface area contributed by atoms with Crippen molar-refractivity contribution in [3.63, 3.8) is 0 Å². The van der Waals surface area contributed by atoms with E-state index in [2.05, 4.69) is 15.9 Å². The van der Waals surface area contributed by atoms with E-state index in [4.69, 9.17) is 0 Å². The van der Waals surface area contributed by atoms with Gasteiger partial charge in [0.2, 0.25) is 0 Å². The van der Waals surface area contributed by atoms with Crippen molar-refractivity contribution < 1.29 is 13.2 Å². The first-order valence-corrected chi connectivity index (χ1v) is 6.69. The van der Waals surface area contributed by atoms with Gasteiger partial charge >= 0.3 is 6.18 Å². The number of hydrogen-bond acceptors (Lipinski definition) is 0. The van der Waals surface area contributed by atoms with E-state index >= 15 is 0 Å². The fourth-order valence-corrected chi connectivity index (χ4v) is 3.18. The second-order valence-corrected chi connectivity index (χ2v) is 5.88. The number of rotatable bonds is 1. The molecule has 0 amide bonds. The average molecular weight is 307 g/mol. The van der Waals surface area contributed by atoms with Crippen LogP contribution in [-0.4, -0.2) is 4.83 Å². The molecule has 1 aliphatic carbocycles.